The van der Waals surface area contributed by atoms with Gasteiger partial charge in [0.2, 0.25) is 0 Å². The Morgan fingerprint density at radius 1 is 1.02 bits per heavy atom. The molecule has 1 saturated heterocycles. The summed E-state index contributed by atoms with van der Waals surface area (Å²) in [4.78, 5) is 41.1. The first-order valence-corrected chi connectivity index (χ1v) is 13.6. The molecule has 1 fully saturated rings. The summed E-state index contributed by atoms with van der Waals surface area (Å²) in [6, 6.07) is 19.9. The van der Waals surface area contributed by atoms with Crippen molar-refractivity contribution in [2.24, 2.45) is 5.73 Å². The fourth-order valence-corrected chi connectivity index (χ4v) is 5.71. The number of carbonyl (C=O) groups excluding carboxylic acids is 1. The molecular formula is C31H33N7O2. The minimum Gasteiger partial charge on any atom is -0.356 e. The number of nitrogens with zero attached hydrogens (tertiary/aromatic N) is 6. The van der Waals surface area contributed by atoms with Crippen molar-refractivity contribution in [2.45, 2.75) is 32.0 Å². The van der Waals surface area contributed by atoms with Crippen molar-refractivity contribution in [1.29, 1.82) is 0 Å². The lowest BCUT2D eigenvalue weighted by Gasteiger charge is -2.34. The molecule has 2 N–H and O–H groups in total. The Balaban J connectivity index is 1.59. The Morgan fingerprint density at radius 2 is 1.80 bits per heavy atom. The highest BCUT2D eigenvalue weighted by atomic mass is 16.2. The summed E-state index contributed by atoms with van der Waals surface area (Å²) in [6.07, 6.45) is 5.14. The maximum absolute atomic E-state index is 14.3. The standard InChI is InChI=1S/C31H33N7O2/c1-35(2)30(39)26-27-28(31(40)37(20-34-27)19-25-24-13-7-6-11-22(24)14-15-33-25)38(17-21-9-4-3-5-10-21)29(26)36-16-8-12-23(32)18-36/h3-7,9-11,13-15,20,23H,8,12,16-19,32H2,1-2H3. The molecule has 3 aromatic heterocycles. The second-order valence-electron chi connectivity index (χ2n) is 10.7. The fraction of sp³-hybridized carbons (Fsp3) is 0.290. The van der Waals surface area contributed by atoms with E-state index in [0.717, 1.165) is 41.4 Å². The summed E-state index contributed by atoms with van der Waals surface area (Å²) in [5.41, 5.74) is 9.26. The van der Waals surface area contributed by atoms with E-state index in [-0.39, 0.29) is 24.1 Å². The molecule has 9 heteroatoms. The van der Waals surface area contributed by atoms with E-state index in [1.807, 2.05) is 65.2 Å². The molecule has 0 spiro atoms. The number of hydrogen-bond acceptors (Lipinski definition) is 6. The number of benzene rings is 2. The smallest absolute Gasteiger partial charge is 0.278 e. The van der Waals surface area contributed by atoms with Gasteiger partial charge in [0.15, 0.2) is 0 Å². The van der Waals surface area contributed by atoms with E-state index < -0.39 is 0 Å². The molecule has 5 aromatic rings. The molecule has 9 nitrogen and oxygen atoms in total. The molecule has 6 rings (SSSR count). The van der Waals surface area contributed by atoms with E-state index in [1.165, 1.54) is 0 Å². The number of piperidine rings is 1. The first-order chi connectivity index (χ1) is 19.4. The summed E-state index contributed by atoms with van der Waals surface area (Å²) in [7, 11) is 3.45. The first kappa shape index (κ1) is 25.8. The van der Waals surface area contributed by atoms with E-state index in [0.29, 0.717) is 35.5 Å². The number of carbonyl (C=O) groups is 1. The molecule has 1 aliphatic heterocycles. The van der Waals surface area contributed by atoms with Gasteiger partial charge in [0.05, 0.1) is 18.6 Å². The van der Waals surface area contributed by atoms with E-state index in [2.05, 4.69) is 9.88 Å². The molecular weight excluding hydrogens is 502 g/mol. The van der Waals surface area contributed by atoms with Crippen LogP contribution in [0, 0.1) is 0 Å². The molecule has 40 heavy (non-hydrogen) atoms. The van der Waals surface area contributed by atoms with Crippen LogP contribution in [0.2, 0.25) is 0 Å². The fourth-order valence-electron chi connectivity index (χ4n) is 5.71. The number of rotatable bonds is 6. The normalized spacial score (nSPS) is 15.6. The number of amides is 1. The zero-order chi connectivity index (χ0) is 27.8. The number of aromatic nitrogens is 4. The van der Waals surface area contributed by atoms with Crippen molar-refractivity contribution >= 4 is 33.5 Å². The quantitative estimate of drug-likeness (QED) is 0.357. The van der Waals surface area contributed by atoms with E-state index in [4.69, 9.17) is 10.7 Å². The van der Waals surface area contributed by atoms with Crippen LogP contribution < -0.4 is 16.2 Å². The molecule has 0 bridgehead atoms. The van der Waals surface area contributed by atoms with Crippen LogP contribution in [0.25, 0.3) is 21.8 Å². The molecule has 1 amide bonds. The molecule has 1 unspecified atom stereocenters. The summed E-state index contributed by atoms with van der Waals surface area (Å²) in [5.74, 6) is 0.518. The van der Waals surface area contributed by atoms with Crippen LogP contribution in [0.3, 0.4) is 0 Å². The van der Waals surface area contributed by atoms with Crippen molar-refractivity contribution in [2.75, 3.05) is 32.1 Å². The molecule has 0 aliphatic carbocycles. The van der Waals surface area contributed by atoms with E-state index in [9.17, 15) is 9.59 Å². The molecule has 0 saturated carbocycles. The van der Waals surface area contributed by atoms with Crippen LogP contribution in [-0.4, -0.2) is 63.1 Å². The number of anilines is 1. The van der Waals surface area contributed by atoms with Crippen LogP contribution >= 0.6 is 0 Å². The highest BCUT2D eigenvalue weighted by Gasteiger charge is 2.32. The van der Waals surface area contributed by atoms with Gasteiger partial charge in [0, 0.05) is 51.4 Å². The lowest BCUT2D eigenvalue weighted by Crippen LogP contribution is -2.44. The van der Waals surface area contributed by atoms with E-state index >= 15 is 0 Å². The number of hydrogen-bond donors (Lipinski definition) is 1. The van der Waals surface area contributed by atoms with Crippen molar-refractivity contribution in [3.05, 3.63) is 100 Å². The Hall–Kier alpha value is -4.50. The lowest BCUT2D eigenvalue weighted by atomic mass is 10.1. The Labute approximate surface area is 232 Å². The average molecular weight is 536 g/mol. The van der Waals surface area contributed by atoms with Gasteiger partial charge in [-0.2, -0.15) is 0 Å². The predicted molar refractivity (Wildman–Crippen MR) is 158 cm³/mol. The number of fused-ring (bicyclic) bond motifs is 2. The second-order valence-corrected chi connectivity index (χ2v) is 10.7. The number of pyridine rings is 1. The molecule has 4 heterocycles. The van der Waals surface area contributed by atoms with Gasteiger partial charge < -0.3 is 20.1 Å². The van der Waals surface area contributed by atoms with Gasteiger partial charge in [-0.05, 0) is 29.9 Å². The Bertz CT molecular complexity index is 1750. The van der Waals surface area contributed by atoms with Crippen molar-refractivity contribution < 1.29 is 4.79 Å². The summed E-state index contributed by atoms with van der Waals surface area (Å²) in [5, 5.41) is 2.05. The minimum atomic E-state index is -0.212. The zero-order valence-electron chi connectivity index (χ0n) is 22.8. The summed E-state index contributed by atoms with van der Waals surface area (Å²) < 4.78 is 3.57. The third kappa shape index (κ3) is 4.62. The van der Waals surface area contributed by atoms with Crippen molar-refractivity contribution in [3.8, 4) is 0 Å². The third-order valence-electron chi connectivity index (χ3n) is 7.64. The van der Waals surface area contributed by atoms with Crippen LogP contribution in [-0.2, 0) is 13.1 Å². The molecule has 1 aliphatic rings. The van der Waals surface area contributed by atoms with Gasteiger partial charge in [-0.1, -0.05) is 54.6 Å². The van der Waals surface area contributed by atoms with Crippen LogP contribution in [0.15, 0.2) is 78.0 Å². The zero-order valence-corrected chi connectivity index (χ0v) is 22.8. The SMILES string of the molecule is CN(C)C(=O)c1c(N2CCCC(N)C2)n(Cc2ccccc2)c2c(=O)n(Cc3nccc4ccccc34)cnc12. The summed E-state index contributed by atoms with van der Waals surface area (Å²) in [6.45, 7) is 2.04. The van der Waals surface area contributed by atoms with Crippen molar-refractivity contribution in [1.82, 2.24) is 24.0 Å². The minimum absolute atomic E-state index is 0.0127. The Morgan fingerprint density at radius 3 is 2.58 bits per heavy atom. The number of nitrogens with two attached hydrogens (primary N) is 1. The van der Waals surface area contributed by atoms with Crippen LogP contribution in [0.5, 0.6) is 0 Å². The molecule has 204 valence electrons. The van der Waals surface area contributed by atoms with Gasteiger partial charge in [0.25, 0.3) is 11.5 Å². The van der Waals surface area contributed by atoms with Gasteiger partial charge in [0.1, 0.15) is 22.4 Å². The second kappa shape index (κ2) is 10.6. The predicted octanol–water partition coefficient (Wildman–Crippen LogP) is 3.47. The van der Waals surface area contributed by atoms with Crippen LogP contribution in [0.1, 0.15) is 34.5 Å². The van der Waals surface area contributed by atoms with Gasteiger partial charge in [-0.15, -0.1) is 0 Å². The molecule has 2 aromatic carbocycles. The monoisotopic (exact) mass is 535 g/mol. The summed E-state index contributed by atoms with van der Waals surface area (Å²) >= 11 is 0. The highest BCUT2D eigenvalue weighted by molar-refractivity contribution is 6.10. The highest BCUT2D eigenvalue weighted by Crippen LogP contribution is 2.34. The maximum Gasteiger partial charge on any atom is 0.278 e. The molecule has 1 atom stereocenters. The first-order valence-electron chi connectivity index (χ1n) is 13.6. The van der Waals surface area contributed by atoms with Gasteiger partial charge in [-0.25, -0.2) is 4.98 Å². The van der Waals surface area contributed by atoms with Gasteiger partial charge >= 0.3 is 0 Å². The Kier molecular flexibility index (Phi) is 6.81. The average Bonchev–Trinajstić information content (AvgIpc) is 3.29. The van der Waals surface area contributed by atoms with Crippen LogP contribution in [0.4, 0.5) is 5.82 Å². The largest absolute Gasteiger partial charge is 0.356 e. The lowest BCUT2D eigenvalue weighted by molar-refractivity contribution is 0.0829. The maximum atomic E-state index is 14.3. The van der Waals surface area contributed by atoms with E-state index in [1.54, 1.807) is 36.1 Å². The third-order valence-corrected chi connectivity index (χ3v) is 7.64. The molecule has 0 radical (unpaired) electrons. The van der Waals surface area contributed by atoms with Crippen molar-refractivity contribution in [3.63, 3.8) is 0 Å². The van der Waals surface area contributed by atoms with Gasteiger partial charge in [-0.3, -0.25) is 19.1 Å². The topological polar surface area (TPSA) is 102 Å².